The summed E-state index contributed by atoms with van der Waals surface area (Å²) in [6.07, 6.45) is 8.36. The second-order valence-electron chi connectivity index (χ2n) is 5.03. The van der Waals surface area contributed by atoms with Crippen LogP contribution in [0, 0.1) is 0 Å². The SMILES string of the molecule is C/C(F)=C\C(C)N/C=C(\N)CO.CC/C=C/N1CCOCC1. The zero-order valence-electron chi connectivity index (χ0n) is 13.9. The van der Waals surface area contributed by atoms with Gasteiger partial charge in [0.15, 0.2) is 0 Å². The van der Waals surface area contributed by atoms with Crippen LogP contribution in [0.1, 0.15) is 27.2 Å². The summed E-state index contributed by atoms with van der Waals surface area (Å²) in [7, 11) is 0. The topological polar surface area (TPSA) is 70.8 Å². The van der Waals surface area contributed by atoms with Gasteiger partial charge in [0.25, 0.3) is 0 Å². The van der Waals surface area contributed by atoms with Crippen molar-refractivity contribution in [1.29, 1.82) is 0 Å². The van der Waals surface area contributed by atoms with Crippen LogP contribution in [0.25, 0.3) is 0 Å². The van der Waals surface area contributed by atoms with Gasteiger partial charge in [0.2, 0.25) is 0 Å². The molecule has 0 aromatic carbocycles. The number of aliphatic hydroxyl groups excluding tert-OH is 1. The lowest BCUT2D eigenvalue weighted by atomic mass is 10.3. The Morgan fingerprint density at radius 1 is 1.45 bits per heavy atom. The van der Waals surface area contributed by atoms with Gasteiger partial charge in [-0.3, -0.25) is 0 Å². The average Bonchev–Trinajstić information content (AvgIpc) is 2.51. The Labute approximate surface area is 133 Å². The highest BCUT2D eigenvalue weighted by Gasteiger charge is 2.03. The molecule has 6 heteroatoms. The normalized spacial score (nSPS) is 18.0. The molecule has 0 amide bonds. The Balaban J connectivity index is 0.000000406. The average molecular weight is 315 g/mol. The van der Waals surface area contributed by atoms with Crippen LogP contribution < -0.4 is 11.1 Å². The fourth-order valence-electron chi connectivity index (χ4n) is 1.66. The third-order valence-corrected chi connectivity index (χ3v) is 2.79. The largest absolute Gasteiger partial charge is 0.399 e. The molecule has 1 rings (SSSR count). The first kappa shape index (κ1) is 20.5. The zero-order valence-corrected chi connectivity index (χ0v) is 13.9. The highest BCUT2D eigenvalue weighted by atomic mass is 19.1. The van der Waals surface area contributed by atoms with Gasteiger partial charge < -0.3 is 25.8 Å². The minimum absolute atomic E-state index is 0.125. The lowest BCUT2D eigenvalue weighted by Crippen LogP contribution is -2.31. The minimum atomic E-state index is -0.244. The molecule has 1 atom stereocenters. The van der Waals surface area contributed by atoms with Crippen molar-refractivity contribution >= 4 is 0 Å². The molecule has 1 aliphatic heterocycles. The summed E-state index contributed by atoms with van der Waals surface area (Å²) in [6, 6.07) is -0.125. The molecule has 0 radical (unpaired) electrons. The van der Waals surface area contributed by atoms with E-state index >= 15 is 0 Å². The number of hydrogen-bond acceptors (Lipinski definition) is 5. The van der Waals surface area contributed by atoms with E-state index in [2.05, 4.69) is 29.4 Å². The van der Waals surface area contributed by atoms with Crippen LogP contribution in [0.4, 0.5) is 4.39 Å². The molecule has 0 aromatic heterocycles. The van der Waals surface area contributed by atoms with Gasteiger partial charge in [-0.2, -0.15) is 0 Å². The summed E-state index contributed by atoms with van der Waals surface area (Å²) in [4.78, 5) is 2.30. The van der Waals surface area contributed by atoms with Gasteiger partial charge in [0.05, 0.1) is 25.6 Å². The predicted octanol–water partition coefficient (Wildman–Crippen LogP) is 1.87. The summed E-state index contributed by atoms with van der Waals surface area (Å²) in [5, 5.41) is 11.3. The summed E-state index contributed by atoms with van der Waals surface area (Å²) in [5.74, 6) is -0.244. The highest BCUT2D eigenvalue weighted by Crippen LogP contribution is 1.97. The third-order valence-electron chi connectivity index (χ3n) is 2.79. The minimum Gasteiger partial charge on any atom is -0.399 e. The van der Waals surface area contributed by atoms with E-state index in [1.807, 2.05) is 0 Å². The van der Waals surface area contributed by atoms with E-state index in [9.17, 15) is 4.39 Å². The summed E-state index contributed by atoms with van der Waals surface area (Å²) in [5.41, 5.74) is 5.61. The van der Waals surface area contributed by atoms with Crippen molar-refractivity contribution in [2.45, 2.75) is 33.2 Å². The lowest BCUT2D eigenvalue weighted by Gasteiger charge is -2.24. The Morgan fingerprint density at radius 2 is 2.09 bits per heavy atom. The van der Waals surface area contributed by atoms with Crippen molar-refractivity contribution in [3.8, 4) is 0 Å². The summed E-state index contributed by atoms with van der Waals surface area (Å²) >= 11 is 0. The van der Waals surface area contributed by atoms with E-state index in [1.165, 1.54) is 19.2 Å². The van der Waals surface area contributed by atoms with E-state index in [1.54, 1.807) is 6.92 Å². The van der Waals surface area contributed by atoms with Crippen LogP contribution in [-0.2, 0) is 4.74 Å². The second-order valence-corrected chi connectivity index (χ2v) is 5.03. The van der Waals surface area contributed by atoms with Crippen LogP contribution in [0.2, 0.25) is 0 Å². The second kappa shape index (κ2) is 13.2. The molecule has 1 heterocycles. The fraction of sp³-hybridized carbons (Fsp3) is 0.625. The number of morpholine rings is 1. The maximum atomic E-state index is 12.3. The van der Waals surface area contributed by atoms with Gasteiger partial charge in [-0.25, -0.2) is 4.39 Å². The zero-order chi connectivity index (χ0) is 16.8. The third kappa shape index (κ3) is 12.2. The Kier molecular flexibility index (Phi) is 12.2. The van der Waals surface area contributed by atoms with Crippen molar-refractivity contribution in [2.24, 2.45) is 5.73 Å². The molecule has 0 aliphatic carbocycles. The quantitative estimate of drug-likeness (QED) is 0.698. The van der Waals surface area contributed by atoms with Crippen molar-refractivity contribution in [2.75, 3.05) is 32.9 Å². The first-order valence-electron chi connectivity index (χ1n) is 7.63. The number of rotatable bonds is 6. The molecule has 1 fully saturated rings. The van der Waals surface area contributed by atoms with Crippen LogP contribution in [0.3, 0.4) is 0 Å². The van der Waals surface area contributed by atoms with Gasteiger partial charge in [0, 0.05) is 31.0 Å². The van der Waals surface area contributed by atoms with Crippen LogP contribution in [0.5, 0.6) is 0 Å². The lowest BCUT2D eigenvalue weighted by molar-refractivity contribution is 0.0593. The molecule has 1 aliphatic rings. The summed E-state index contributed by atoms with van der Waals surface area (Å²) < 4.78 is 17.5. The number of aliphatic hydroxyl groups is 1. The molecular formula is C16H30FN3O2. The Bertz CT molecular complexity index is 360. The molecule has 128 valence electrons. The fourth-order valence-corrected chi connectivity index (χ4v) is 1.66. The molecule has 0 bridgehead atoms. The molecule has 5 nitrogen and oxygen atoms in total. The number of nitrogens with zero attached hydrogens (tertiary/aromatic N) is 1. The number of halogens is 1. The maximum absolute atomic E-state index is 12.3. The number of ether oxygens (including phenoxy) is 1. The van der Waals surface area contributed by atoms with Crippen LogP contribution >= 0.6 is 0 Å². The van der Waals surface area contributed by atoms with Crippen molar-refractivity contribution in [3.05, 3.63) is 36.1 Å². The first-order valence-corrected chi connectivity index (χ1v) is 7.63. The standard InChI is InChI=1S/C8H15FN2O.C8H15NO/c1-6(9)3-7(2)11-4-8(10)5-12;1-2-3-4-9-5-7-10-8-6-9/h3-4,7,11-12H,5,10H2,1-2H3;3-4H,2,5-8H2,1H3/b6-3+,8-4-;4-3+. The summed E-state index contributed by atoms with van der Waals surface area (Å²) in [6.45, 7) is 8.98. The highest BCUT2D eigenvalue weighted by molar-refractivity contribution is 5.01. The van der Waals surface area contributed by atoms with E-state index in [-0.39, 0.29) is 18.5 Å². The number of nitrogens with two attached hydrogens (primary N) is 1. The van der Waals surface area contributed by atoms with E-state index in [0.717, 1.165) is 32.7 Å². The smallest absolute Gasteiger partial charge is 0.0949 e. The first-order chi connectivity index (χ1) is 10.5. The van der Waals surface area contributed by atoms with E-state index in [4.69, 9.17) is 15.6 Å². The van der Waals surface area contributed by atoms with Crippen molar-refractivity contribution < 1.29 is 14.2 Å². The number of allylic oxidation sites excluding steroid dienone is 2. The maximum Gasteiger partial charge on any atom is 0.0949 e. The number of nitrogens with one attached hydrogen (secondary N) is 1. The molecule has 1 saturated heterocycles. The molecule has 22 heavy (non-hydrogen) atoms. The van der Waals surface area contributed by atoms with Crippen LogP contribution in [-0.4, -0.2) is 49.0 Å². The number of hydrogen-bond donors (Lipinski definition) is 3. The van der Waals surface area contributed by atoms with Crippen molar-refractivity contribution in [3.63, 3.8) is 0 Å². The van der Waals surface area contributed by atoms with Gasteiger partial charge in [-0.05, 0) is 32.5 Å². The predicted molar refractivity (Wildman–Crippen MR) is 88.6 cm³/mol. The monoisotopic (exact) mass is 315 g/mol. The van der Waals surface area contributed by atoms with E-state index in [0.29, 0.717) is 5.70 Å². The van der Waals surface area contributed by atoms with Gasteiger partial charge in [-0.15, -0.1) is 0 Å². The molecule has 0 aromatic rings. The van der Waals surface area contributed by atoms with Crippen molar-refractivity contribution in [1.82, 2.24) is 10.2 Å². The van der Waals surface area contributed by atoms with Gasteiger partial charge in [0.1, 0.15) is 0 Å². The molecule has 0 saturated carbocycles. The van der Waals surface area contributed by atoms with Crippen LogP contribution in [0.15, 0.2) is 36.1 Å². The Hall–Kier alpha value is -1.53. The Morgan fingerprint density at radius 3 is 2.59 bits per heavy atom. The van der Waals surface area contributed by atoms with Gasteiger partial charge in [-0.1, -0.05) is 13.0 Å². The molecular weight excluding hydrogens is 285 g/mol. The van der Waals surface area contributed by atoms with Gasteiger partial charge >= 0.3 is 0 Å². The van der Waals surface area contributed by atoms with E-state index < -0.39 is 0 Å². The molecule has 1 unspecified atom stereocenters. The molecule has 4 N–H and O–H groups in total. The molecule has 0 spiro atoms.